The Hall–Kier alpha value is -0.660. The van der Waals surface area contributed by atoms with Crippen LogP contribution in [0.3, 0.4) is 0 Å². The van der Waals surface area contributed by atoms with Gasteiger partial charge in [-0.3, -0.25) is 0 Å². The number of likely N-dealkylation sites (N-methyl/N-ethyl adjacent to an activating group) is 1. The van der Waals surface area contributed by atoms with Crippen LogP contribution in [0.25, 0.3) is 0 Å². The van der Waals surface area contributed by atoms with Gasteiger partial charge in [0.15, 0.2) is 0 Å². The molecule has 1 aromatic carbocycles. The van der Waals surface area contributed by atoms with Crippen molar-refractivity contribution in [1.29, 1.82) is 0 Å². The van der Waals surface area contributed by atoms with Crippen molar-refractivity contribution in [2.45, 2.75) is 4.90 Å². The van der Waals surface area contributed by atoms with Gasteiger partial charge in [0.05, 0.1) is 20.5 Å². The van der Waals surface area contributed by atoms with Crippen LogP contribution >= 0.6 is 23.2 Å². The lowest BCUT2D eigenvalue weighted by Crippen LogP contribution is -2.45. The number of aromatic carboxylic acids is 1. The molecule has 20 heavy (non-hydrogen) atoms. The third-order valence-electron chi connectivity index (χ3n) is 3.14. The van der Waals surface area contributed by atoms with Crippen LogP contribution in [0.5, 0.6) is 0 Å². The van der Waals surface area contributed by atoms with Crippen molar-refractivity contribution in [2.75, 3.05) is 33.2 Å². The summed E-state index contributed by atoms with van der Waals surface area (Å²) in [6.07, 6.45) is 0. The van der Waals surface area contributed by atoms with Crippen molar-refractivity contribution in [2.24, 2.45) is 0 Å². The van der Waals surface area contributed by atoms with Gasteiger partial charge in [0.25, 0.3) is 0 Å². The highest BCUT2D eigenvalue weighted by molar-refractivity contribution is 7.82. The van der Waals surface area contributed by atoms with Crippen LogP contribution in [0.4, 0.5) is 0 Å². The predicted molar refractivity (Wildman–Crippen MR) is 78.9 cm³/mol. The first-order chi connectivity index (χ1) is 9.40. The minimum atomic E-state index is -1.48. The van der Waals surface area contributed by atoms with Gasteiger partial charge in [-0.15, -0.1) is 0 Å². The van der Waals surface area contributed by atoms with Crippen LogP contribution in [0.15, 0.2) is 17.0 Å². The van der Waals surface area contributed by atoms with Crippen molar-refractivity contribution in [1.82, 2.24) is 9.21 Å². The third-order valence-corrected chi connectivity index (χ3v) is 5.42. The number of hydrogen-bond acceptors (Lipinski definition) is 3. The van der Waals surface area contributed by atoms with E-state index in [1.54, 1.807) is 4.31 Å². The summed E-state index contributed by atoms with van der Waals surface area (Å²) in [7, 11) is 0.519. The zero-order chi connectivity index (χ0) is 14.9. The average Bonchev–Trinajstić information content (AvgIpc) is 2.38. The number of hydrogen-bond donors (Lipinski definition) is 1. The molecule has 1 unspecified atom stereocenters. The normalized spacial score (nSPS) is 18.9. The fourth-order valence-corrected chi connectivity index (χ4v) is 3.80. The van der Waals surface area contributed by atoms with Crippen LogP contribution < -0.4 is 0 Å². The molecule has 1 N–H and O–H groups in total. The average molecular weight is 337 g/mol. The number of benzene rings is 1. The van der Waals surface area contributed by atoms with Gasteiger partial charge in [-0.25, -0.2) is 13.3 Å². The van der Waals surface area contributed by atoms with E-state index in [0.29, 0.717) is 13.1 Å². The SMILES string of the molecule is CN1CCN(S(=O)c2cc(C(=O)O)c(Cl)cc2Cl)CC1. The second-order valence-electron chi connectivity index (χ2n) is 4.55. The zero-order valence-corrected chi connectivity index (χ0v) is 13.1. The highest BCUT2D eigenvalue weighted by Crippen LogP contribution is 2.29. The van der Waals surface area contributed by atoms with Crippen molar-refractivity contribution in [3.05, 3.63) is 27.7 Å². The van der Waals surface area contributed by atoms with Gasteiger partial charge < -0.3 is 10.0 Å². The summed E-state index contributed by atoms with van der Waals surface area (Å²) in [5.41, 5.74) is -0.0893. The van der Waals surface area contributed by atoms with Gasteiger partial charge in [-0.05, 0) is 19.2 Å². The minimum Gasteiger partial charge on any atom is -0.478 e. The number of halogens is 2. The Morgan fingerprint density at radius 3 is 2.35 bits per heavy atom. The number of nitrogens with zero attached hydrogens (tertiary/aromatic N) is 2. The highest BCUT2D eigenvalue weighted by Gasteiger charge is 2.24. The smallest absolute Gasteiger partial charge is 0.337 e. The van der Waals surface area contributed by atoms with Gasteiger partial charge >= 0.3 is 5.97 Å². The molecule has 1 saturated heterocycles. The molecule has 1 aromatic rings. The first kappa shape index (κ1) is 15.7. The van der Waals surface area contributed by atoms with Gasteiger partial charge in [0.2, 0.25) is 0 Å². The third kappa shape index (κ3) is 3.32. The molecule has 8 heteroatoms. The first-order valence-corrected chi connectivity index (χ1v) is 7.84. The van der Waals surface area contributed by atoms with E-state index < -0.39 is 17.0 Å². The lowest BCUT2D eigenvalue weighted by molar-refractivity contribution is 0.0697. The van der Waals surface area contributed by atoms with Crippen molar-refractivity contribution < 1.29 is 14.1 Å². The molecule has 0 bridgehead atoms. The summed E-state index contributed by atoms with van der Waals surface area (Å²) >= 11 is 11.9. The molecule has 5 nitrogen and oxygen atoms in total. The van der Waals surface area contributed by atoms with Crippen molar-refractivity contribution in [3.63, 3.8) is 0 Å². The van der Waals surface area contributed by atoms with E-state index in [9.17, 15) is 9.00 Å². The Morgan fingerprint density at radius 2 is 1.80 bits per heavy atom. The van der Waals surface area contributed by atoms with E-state index in [1.807, 2.05) is 7.05 Å². The Labute approximate surface area is 129 Å². The predicted octanol–water partition coefficient (Wildman–Crippen LogP) is 1.96. The van der Waals surface area contributed by atoms with E-state index in [1.165, 1.54) is 12.1 Å². The largest absolute Gasteiger partial charge is 0.478 e. The van der Waals surface area contributed by atoms with Gasteiger partial charge in [0, 0.05) is 26.2 Å². The molecule has 1 heterocycles. The summed E-state index contributed by atoms with van der Waals surface area (Å²) < 4.78 is 14.3. The van der Waals surface area contributed by atoms with Gasteiger partial charge in [-0.1, -0.05) is 23.2 Å². The van der Waals surface area contributed by atoms with Crippen molar-refractivity contribution >= 4 is 40.2 Å². The monoisotopic (exact) mass is 336 g/mol. The lowest BCUT2D eigenvalue weighted by atomic mass is 10.2. The number of rotatable bonds is 3. The summed E-state index contributed by atoms with van der Waals surface area (Å²) in [6, 6.07) is 2.62. The van der Waals surface area contributed by atoms with Gasteiger partial charge in [0.1, 0.15) is 11.0 Å². The summed E-state index contributed by atoms with van der Waals surface area (Å²) in [5.74, 6) is -1.16. The number of carbonyl (C=O) groups is 1. The lowest BCUT2D eigenvalue weighted by Gasteiger charge is -2.31. The molecule has 1 fully saturated rings. The summed E-state index contributed by atoms with van der Waals surface area (Å²) in [6.45, 7) is 2.90. The number of piperazine rings is 1. The molecule has 0 spiro atoms. The Kier molecular flexibility index (Phi) is 5.04. The second-order valence-corrected chi connectivity index (χ2v) is 6.82. The molecule has 2 rings (SSSR count). The number of carboxylic acid groups (broad SMARTS) is 1. The molecule has 0 saturated carbocycles. The standard InChI is InChI=1S/C12H14Cl2N2O3S/c1-15-2-4-16(5-3-15)20(19)11-6-8(12(17)18)9(13)7-10(11)14/h6-7H,2-5H2,1H3,(H,17,18). The highest BCUT2D eigenvalue weighted by atomic mass is 35.5. The summed E-state index contributed by atoms with van der Waals surface area (Å²) in [4.78, 5) is 13.5. The fraction of sp³-hybridized carbons (Fsp3) is 0.417. The second kappa shape index (κ2) is 6.41. The molecule has 1 aliphatic heterocycles. The maximum Gasteiger partial charge on any atom is 0.337 e. The van der Waals surface area contributed by atoms with E-state index in [4.69, 9.17) is 28.3 Å². The van der Waals surface area contributed by atoms with Crippen LogP contribution in [0, 0.1) is 0 Å². The van der Waals surface area contributed by atoms with Gasteiger partial charge in [-0.2, -0.15) is 0 Å². The summed E-state index contributed by atoms with van der Waals surface area (Å²) in [5, 5.41) is 9.32. The molecule has 0 aliphatic carbocycles. The van der Waals surface area contributed by atoms with Crippen molar-refractivity contribution in [3.8, 4) is 0 Å². The zero-order valence-electron chi connectivity index (χ0n) is 10.8. The van der Waals surface area contributed by atoms with Crippen LogP contribution in [0.1, 0.15) is 10.4 Å². The minimum absolute atomic E-state index is 0.0432. The Bertz CT molecular complexity index is 560. The maximum absolute atomic E-state index is 12.5. The molecule has 1 atom stereocenters. The fourth-order valence-electron chi connectivity index (χ4n) is 1.92. The molecule has 1 aliphatic rings. The maximum atomic E-state index is 12.5. The molecule has 110 valence electrons. The van der Waals surface area contributed by atoms with E-state index in [0.717, 1.165) is 13.1 Å². The first-order valence-electron chi connectivity index (χ1n) is 5.98. The molecular formula is C12H14Cl2N2O3S. The molecule has 0 amide bonds. The Morgan fingerprint density at radius 1 is 1.20 bits per heavy atom. The molecular weight excluding hydrogens is 323 g/mol. The van der Waals surface area contributed by atoms with E-state index in [2.05, 4.69) is 4.90 Å². The molecule has 0 aromatic heterocycles. The van der Waals surface area contributed by atoms with E-state index >= 15 is 0 Å². The molecule has 0 radical (unpaired) electrons. The van der Waals surface area contributed by atoms with Crippen LogP contribution in [-0.2, 0) is 11.0 Å². The van der Waals surface area contributed by atoms with E-state index in [-0.39, 0.29) is 20.5 Å². The van der Waals surface area contributed by atoms with Crippen LogP contribution in [0.2, 0.25) is 10.0 Å². The van der Waals surface area contributed by atoms with Crippen LogP contribution in [-0.4, -0.2) is 57.7 Å². The Balaban J connectivity index is 2.30. The quantitative estimate of drug-likeness (QED) is 0.916. The topological polar surface area (TPSA) is 60.9 Å². The number of carboxylic acids is 1.